The number of nitrogens with zero attached hydrogens (tertiary/aromatic N) is 1. The number of aliphatic hydroxyl groups is 1. The number of amidine groups is 1. The summed E-state index contributed by atoms with van der Waals surface area (Å²) in [5.74, 6) is 0.842. The average molecular weight is 699 g/mol. The number of aliphatic hydroxyl groups excluding tert-OH is 1. The first-order valence-electron chi connectivity index (χ1n) is 11.7. The predicted molar refractivity (Wildman–Crippen MR) is 158 cm³/mol. The van der Waals surface area contributed by atoms with Gasteiger partial charge in [0.05, 0.1) is 13.7 Å². The van der Waals surface area contributed by atoms with E-state index >= 15 is 0 Å². The van der Waals surface area contributed by atoms with Crippen LogP contribution in [0.3, 0.4) is 0 Å². The van der Waals surface area contributed by atoms with Gasteiger partial charge in [0.25, 0.3) is 6.02 Å². The summed E-state index contributed by atoms with van der Waals surface area (Å²) in [5.41, 5.74) is 10.6. The molecule has 3 aromatic rings. The third-order valence-electron chi connectivity index (χ3n) is 5.96. The third-order valence-corrected chi connectivity index (χ3v) is 7.33. The summed E-state index contributed by atoms with van der Waals surface area (Å²) in [5, 5.41) is 8.67. The summed E-state index contributed by atoms with van der Waals surface area (Å²) in [4.78, 5) is 4.70. The molecule has 9 heteroatoms. The smallest absolute Gasteiger partial charge is 0.283 e. The first-order valence-corrected chi connectivity index (χ1v) is 14.1. The number of hydrogen-bond donors (Lipinski definition) is 2. The van der Waals surface area contributed by atoms with Crippen LogP contribution in [0.25, 0.3) is 0 Å². The Balaban J connectivity index is 0.000000289. The van der Waals surface area contributed by atoms with Crippen molar-refractivity contribution in [2.45, 2.75) is 25.3 Å². The molecule has 198 valence electrons. The van der Waals surface area contributed by atoms with Gasteiger partial charge in [-0.1, -0.05) is 59.9 Å². The molecule has 0 fully saturated rings. The standard InChI is InChI=1S/C20H23BrN2O3.C8H8Br2O/c1-13-8-15(4-5-18(13)25-3)20(12-26-19(22)23-20)16-9-14(6-7-24-2)10-17(21)11-16;9-7-3-6(1-2-11)4-8(10)5-7/h4-5,8-11H,6-7,12H2,1-3H3,(H2,22,23);3-5,11H,1-2H2. The zero-order valence-corrected chi connectivity index (χ0v) is 25.8. The Bertz CT molecular complexity index is 1230. The lowest BCUT2D eigenvalue weighted by Crippen LogP contribution is -2.27. The van der Waals surface area contributed by atoms with Gasteiger partial charge >= 0.3 is 0 Å². The molecule has 1 aliphatic rings. The van der Waals surface area contributed by atoms with Gasteiger partial charge in [0, 0.05) is 27.1 Å². The van der Waals surface area contributed by atoms with Crippen LogP contribution in [0.1, 0.15) is 27.8 Å². The minimum Gasteiger partial charge on any atom is -0.496 e. The van der Waals surface area contributed by atoms with Gasteiger partial charge in [0.2, 0.25) is 0 Å². The molecule has 0 aliphatic carbocycles. The van der Waals surface area contributed by atoms with Crippen LogP contribution >= 0.6 is 47.8 Å². The highest BCUT2D eigenvalue weighted by Crippen LogP contribution is 2.40. The fraction of sp³-hybridized carbons (Fsp3) is 0.321. The van der Waals surface area contributed by atoms with Crippen molar-refractivity contribution >= 4 is 53.8 Å². The average Bonchev–Trinajstić information content (AvgIpc) is 3.25. The van der Waals surface area contributed by atoms with E-state index < -0.39 is 5.54 Å². The van der Waals surface area contributed by atoms with Gasteiger partial charge in [-0.2, -0.15) is 0 Å². The van der Waals surface area contributed by atoms with Gasteiger partial charge < -0.3 is 25.1 Å². The van der Waals surface area contributed by atoms with Gasteiger partial charge in [-0.25, -0.2) is 4.99 Å². The van der Waals surface area contributed by atoms with E-state index in [1.165, 1.54) is 5.56 Å². The van der Waals surface area contributed by atoms with Crippen molar-refractivity contribution in [1.29, 1.82) is 0 Å². The second kappa shape index (κ2) is 13.8. The molecule has 6 nitrogen and oxygen atoms in total. The van der Waals surface area contributed by atoms with Crippen LogP contribution in [-0.2, 0) is 27.9 Å². The van der Waals surface area contributed by atoms with Crippen molar-refractivity contribution in [2.24, 2.45) is 10.7 Å². The van der Waals surface area contributed by atoms with Gasteiger partial charge in [0.15, 0.2) is 5.54 Å². The molecule has 0 aromatic heterocycles. The molecule has 0 amide bonds. The number of aryl methyl sites for hydroxylation is 1. The Morgan fingerprint density at radius 1 is 0.919 bits per heavy atom. The van der Waals surface area contributed by atoms with Crippen molar-refractivity contribution < 1.29 is 19.3 Å². The van der Waals surface area contributed by atoms with Crippen LogP contribution in [0.2, 0.25) is 0 Å². The summed E-state index contributed by atoms with van der Waals surface area (Å²) in [6.07, 6.45) is 1.53. The van der Waals surface area contributed by atoms with Crippen molar-refractivity contribution in [2.75, 3.05) is 34.0 Å². The second-order valence-electron chi connectivity index (χ2n) is 8.63. The van der Waals surface area contributed by atoms with Crippen LogP contribution in [-0.4, -0.2) is 45.2 Å². The maximum atomic E-state index is 8.67. The number of nitrogens with two attached hydrogens (primary N) is 1. The van der Waals surface area contributed by atoms with Crippen LogP contribution in [0, 0.1) is 6.92 Å². The predicted octanol–water partition coefficient (Wildman–Crippen LogP) is 6.29. The summed E-state index contributed by atoms with van der Waals surface area (Å²) in [7, 11) is 3.37. The molecule has 4 rings (SSSR count). The number of benzene rings is 3. The Kier molecular flexibility index (Phi) is 11.0. The van der Waals surface area contributed by atoms with E-state index in [1.54, 1.807) is 14.2 Å². The first kappa shape index (κ1) is 29.6. The maximum Gasteiger partial charge on any atom is 0.283 e. The van der Waals surface area contributed by atoms with E-state index in [9.17, 15) is 0 Å². The van der Waals surface area contributed by atoms with Gasteiger partial charge in [-0.05, 0) is 90.0 Å². The van der Waals surface area contributed by atoms with Crippen molar-refractivity contribution in [3.05, 3.63) is 95.8 Å². The quantitative estimate of drug-likeness (QED) is 0.289. The van der Waals surface area contributed by atoms with Gasteiger partial charge in [0.1, 0.15) is 12.4 Å². The minimum atomic E-state index is -0.674. The molecule has 0 saturated carbocycles. The Labute approximate surface area is 243 Å². The normalized spacial score (nSPS) is 16.5. The molecule has 0 bridgehead atoms. The monoisotopic (exact) mass is 696 g/mol. The Morgan fingerprint density at radius 3 is 2.11 bits per heavy atom. The minimum absolute atomic E-state index is 0.197. The summed E-state index contributed by atoms with van der Waals surface area (Å²) >= 11 is 10.4. The first-order chi connectivity index (χ1) is 17.7. The Morgan fingerprint density at radius 2 is 1.57 bits per heavy atom. The number of hydrogen-bond acceptors (Lipinski definition) is 6. The highest BCUT2D eigenvalue weighted by Gasteiger charge is 2.40. The number of aliphatic imine (C=N–C) groups is 1. The van der Waals surface area contributed by atoms with E-state index in [-0.39, 0.29) is 12.6 Å². The number of ether oxygens (including phenoxy) is 3. The maximum absolute atomic E-state index is 8.67. The van der Waals surface area contributed by atoms with Crippen LogP contribution < -0.4 is 10.5 Å². The van der Waals surface area contributed by atoms with Crippen molar-refractivity contribution in [1.82, 2.24) is 0 Å². The van der Waals surface area contributed by atoms with Gasteiger partial charge in [-0.15, -0.1) is 0 Å². The molecular formula is C28H31Br3N2O4. The molecule has 3 N–H and O–H groups in total. The summed E-state index contributed by atoms with van der Waals surface area (Å²) in [6, 6.07) is 18.6. The third kappa shape index (κ3) is 7.80. The van der Waals surface area contributed by atoms with E-state index in [0.29, 0.717) is 19.6 Å². The van der Waals surface area contributed by atoms with Gasteiger partial charge in [-0.3, -0.25) is 0 Å². The van der Waals surface area contributed by atoms with Crippen molar-refractivity contribution in [3.8, 4) is 5.75 Å². The summed E-state index contributed by atoms with van der Waals surface area (Å²) in [6.45, 7) is 3.24. The van der Waals surface area contributed by atoms with Crippen LogP contribution in [0.4, 0.5) is 0 Å². The SMILES string of the molecule is COCCc1cc(Br)cc(C2(c3ccc(OC)c(C)c3)COC(N)=N2)c1.OCCc1cc(Br)cc(Br)c1. The number of methoxy groups -OCH3 is 2. The molecule has 0 spiro atoms. The van der Waals surface area contributed by atoms with Crippen LogP contribution in [0.15, 0.2) is 73.0 Å². The summed E-state index contributed by atoms with van der Waals surface area (Å²) < 4.78 is 19.3. The fourth-order valence-corrected chi connectivity index (χ4v) is 6.10. The Hall–Kier alpha value is -1.91. The van der Waals surface area contributed by atoms with Crippen LogP contribution in [0.5, 0.6) is 5.75 Å². The molecule has 1 atom stereocenters. The lowest BCUT2D eigenvalue weighted by molar-refractivity contribution is 0.202. The molecule has 1 unspecified atom stereocenters. The van der Waals surface area contributed by atoms with E-state index in [2.05, 4.69) is 72.1 Å². The van der Waals surface area contributed by atoms with E-state index in [1.807, 2.05) is 37.3 Å². The molecular weight excluding hydrogens is 668 g/mol. The molecule has 37 heavy (non-hydrogen) atoms. The highest BCUT2D eigenvalue weighted by atomic mass is 79.9. The zero-order valence-electron chi connectivity index (χ0n) is 21.1. The fourth-order valence-electron chi connectivity index (χ4n) is 4.17. The number of halogens is 3. The van der Waals surface area contributed by atoms with E-state index in [4.69, 9.17) is 30.0 Å². The lowest BCUT2D eigenvalue weighted by Gasteiger charge is -2.27. The lowest BCUT2D eigenvalue weighted by atomic mass is 9.83. The highest BCUT2D eigenvalue weighted by molar-refractivity contribution is 9.11. The zero-order chi connectivity index (χ0) is 27.0. The largest absolute Gasteiger partial charge is 0.496 e. The second-order valence-corrected chi connectivity index (χ2v) is 11.4. The topological polar surface area (TPSA) is 86.3 Å². The molecule has 1 heterocycles. The molecule has 1 aliphatic heterocycles. The van der Waals surface area contributed by atoms with Crippen molar-refractivity contribution in [3.63, 3.8) is 0 Å². The molecule has 0 saturated heterocycles. The molecule has 3 aromatic carbocycles. The number of rotatable bonds is 8. The van der Waals surface area contributed by atoms with E-state index in [0.717, 1.165) is 47.8 Å². The molecule has 0 radical (unpaired) electrons.